The summed E-state index contributed by atoms with van der Waals surface area (Å²) in [6.07, 6.45) is -0.158. The predicted octanol–water partition coefficient (Wildman–Crippen LogP) is 3.43. The van der Waals surface area contributed by atoms with Crippen molar-refractivity contribution in [3.05, 3.63) is 46.2 Å². The van der Waals surface area contributed by atoms with Gasteiger partial charge in [0.25, 0.3) is 0 Å². The number of carbonyl (C=O) groups excluding carboxylic acids is 1. The fourth-order valence-electron chi connectivity index (χ4n) is 2.61. The lowest BCUT2D eigenvalue weighted by atomic mass is 10.2. The first kappa shape index (κ1) is 16.6. The van der Waals surface area contributed by atoms with Crippen LogP contribution >= 0.6 is 11.3 Å². The van der Waals surface area contributed by atoms with Crippen LogP contribution in [-0.2, 0) is 6.54 Å². The van der Waals surface area contributed by atoms with Crippen LogP contribution in [-0.4, -0.2) is 36.7 Å². The Morgan fingerprint density at radius 2 is 2.08 bits per heavy atom. The van der Waals surface area contributed by atoms with Crippen molar-refractivity contribution in [1.82, 2.24) is 10.2 Å². The van der Waals surface area contributed by atoms with Gasteiger partial charge in [-0.1, -0.05) is 12.1 Å². The number of benzene rings is 1. The third-order valence-corrected chi connectivity index (χ3v) is 4.87. The first-order chi connectivity index (χ1) is 11.7. The van der Waals surface area contributed by atoms with Crippen LogP contribution in [0.3, 0.4) is 0 Å². The third kappa shape index (κ3) is 4.00. The standard InChI is InChI=1S/C18H22N2O3S/c1-3-20(18(21)19-10-15-9-8-13(2)24-15)11-14-12-22-16-6-4-5-7-17(16)23-14/h4-9,14H,3,10-12H2,1-2H3,(H,19,21)/t14-/m1/s1. The van der Waals surface area contributed by atoms with Crippen molar-refractivity contribution in [2.75, 3.05) is 19.7 Å². The molecule has 2 amide bonds. The Morgan fingerprint density at radius 1 is 1.29 bits per heavy atom. The van der Waals surface area contributed by atoms with Crippen LogP contribution in [0.15, 0.2) is 36.4 Å². The molecule has 0 fully saturated rings. The average Bonchev–Trinajstić information content (AvgIpc) is 3.02. The monoisotopic (exact) mass is 346 g/mol. The van der Waals surface area contributed by atoms with E-state index in [-0.39, 0.29) is 12.1 Å². The zero-order chi connectivity index (χ0) is 16.9. The number of hydrogen-bond donors (Lipinski definition) is 1. The number of carbonyl (C=O) groups is 1. The molecular formula is C18H22N2O3S. The predicted molar refractivity (Wildman–Crippen MR) is 94.9 cm³/mol. The van der Waals surface area contributed by atoms with Crippen LogP contribution in [0.1, 0.15) is 16.7 Å². The molecule has 2 heterocycles. The van der Waals surface area contributed by atoms with Crippen LogP contribution in [0.25, 0.3) is 0 Å². The molecule has 6 heteroatoms. The second-order valence-corrected chi connectivity index (χ2v) is 7.08. The minimum absolute atomic E-state index is 0.0778. The van der Waals surface area contributed by atoms with E-state index in [1.807, 2.05) is 37.3 Å². The Bertz CT molecular complexity index is 701. The topological polar surface area (TPSA) is 50.8 Å². The normalized spacial score (nSPS) is 15.8. The Hall–Kier alpha value is -2.21. The van der Waals surface area contributed by atoms with Gasteiger partial charge in [0.2, 0.25) is 0 Å². The summed E-state index contributed by atoms with van der Waals surface area (Å²) in [7, 11) is 0. The zero-order valence-electron chi connectivity index (χ0n) is 14.0. The summed E-state index contributed by atoms with van der Waals surface area (Å²) in [6.45, 7) is 6.15. The van der Waals surface area contributed by atoms with Gasteiger partial charge < -0.3 is 19.7 Å². The number of ether oxygens (including phenoxy) is 2. The number of fused-ring (bicyclic) bond motifs is 1. The Kier molecular flexibility index (Phi) is 5.25. The van der Waals surface area contributed by atoms with Crippen molar-refractivity contribution in [1.29, 1.82) is 0 Å². The fraction of sp³-hybridized carbons (Fsp3) is 0.389. The highest BCUT2D eigenvalue weighted by atomic mass is 32.1. The van der Waals surface area contributed by atoms with E-state index in [0.717, 1.165) is 16.4 Å². The number of nitrogens with one attached hydrogen (secondary N) is 1. The largest absolute Gasteiger partial charge is 0.486 e. The maximum Gasteiger partial charge on any atom is 0.317 e. The number of aryl methyl sites for hydroxylation is 1. The lowest BCUT2D eigenvalue weighted by Gasteiger charge is -2.30. The molecule has 1 aliphatic heterocycles. The van der Waals surface area contributed by atoms with E-state index in [4.69, 9.17) is 9.47 Å². The Balaban J connectivity index is 1.53. The van der Waals surface area contributed by atoms with E-state index in [9.17, 15) is 4.79 Å². The van der Waals surface area contributed by atoms with Crippen molar-refractivity contribution in [2.45, 2.75) is 26.5 Å². The minimum Gasteiger partial charge on any atom is -0.486 e. The van der Waals surface area contributed by atoms with Crippen molar-refractivity contribution in [2.24, 2.45) is 0 Å². The lowest BCUT2D eigenvalue weighted by molar-refractivity contribution is 0.0675. The maximum absolute atomic E-state index is 12.4. The van der Waals surface area contributed by atoms with E-state index >= 15 is 0 Å². The SMILES string of the molecule is CCN(C[C@@H]1COc2ccccc2O1)C(=O)NCc1ccc(C)s1. The van der Waals surface area contributed by atoms with Gasteiger partial charge in [0.1, 0.15) is 6.61 Å². The van der Waals surface area contributed by atoms with Gasteiger partial charge in [-0.2, -0.15) is 0 Å². The second-order valence-electron chi connectivity index (χ2n) is 5.71. The highest BCUT2D eigenvalue weighted by molar-refractivity contribution is 7.11. The first-order valence-corrected chi connectivity index (χ1v) is 8.94. The minimum atomic E-state index is -0.158. The molecule has 0 radical (unpaired) electrons. The first-order valence-electron chi connectivity index (χ1n) is 8.12. The average molecular weight is 346 g/mol. The molecule has 128 valence electrons. The van der Waals surface area contributed by atoms with E-state index in [1.54, 1.807) is 16.2 Å². The molecule has 0 saturated heterocycles. The molecule has 1 aromatic heterocycles. The van der Waals surface area contributed by atoms with Crippen LogP contribution in [0.5, 0.6) is 11.5 Å². The summed E-state index contributed by atoms with van der Waals surface area (Å²) in [5.74, 6) is 1.49. The van der Waals surface area contributed by atoms with E-state index in [2.05, 4.69) is 18.3 Å². The number of nitrogens with zero attached hydrogens (tertiary/aromatic N) is 1. The third-order valence-electron chi connectivity index (χ3n) is 3.87. The molecule has 0 aliphatic carbocycles. The van der Waals surface area contributed by atoms with Crippen LogP contribution in [0.2, 0.25) is 0 Å². The summed E-state index contributed by atoms with van der Waals surface area (Å²) in [4.78, 5) is 16.6. The number of amides is 2. The number of rotatable bonds is 5. The van der Waals surface area contributed by atoms with Crippen LogP contribution in [0.4, 0.5) is 4.79 Å². The van der Waals surface area contributed by atoms with Gasteiger partial charge in [-0.05, 0) is 38.1 Å². The molecule has 1 aliphatic rings. The summed E-state index contributed by atoms with van der Waals surface area (Å²) in [5.41, 5.74) is 0. The van der Waals surface area contributed by atoms with Crippen LogP contribution < -0.4 is 14.8 Å². The molecule has 5 nitrogen and oxygen atoms in total. The van der Waals surface area contributed by atoms with E-state index < -0.39 is 0 Å². The smallest absolute Gasteiger partial charge is 0.317 e. The van der Waals surface area contributed by atoms with Crippen molar-refractivity contribution < 1.29 is 14.3 Å². The molecule has 1 atom stereocenters. The number of hydrogen-bond acceptors (Lipinski definition) is 4. The Morgan fingerprint density at radius 3 is 2.79 bits per heavy atom. The van der Waals surface area contributed by atoms with Gasteiger partial charge >= 0.3 is 6.03 Å². The highest BCUT2D eigenvalue weighted by Crippen LogP contribution is 2.31. The van der Waals surface area contributed by atoms with Gasteiger partial charge in [0.15, 0.2) is 17.6 Å². The highest BCUT2D eigenvalue weighted by Gasteiger charge is 2.24. The number of thiophene rings is 1. The summed E-state index contributed by atoms with van der Waals surface area (Å²) >= 11 is 1.70. The van der Waals surface area contributed by atoms with Crippen molar-refractivity contribution in [3.63, 3.8) is 0 Å². The fourth-order valence-corrected chi connectivity index (χ4v) is 3.44. The van der Waals surface area contributed by atoms with E-state index in [1.165, 1.54) is 4.88 Å². The summed E-state index contributed by atoms with van der Waals surface area (Å²) in [5, 5.41) is 2.97. The summed E-state index contributed by atoms with van der Waals surface area (Å²) < 4.78 is 11.6. The molecular weight excluding hydrogens is 324 g/mol. The number of para-hydroxylation sites is 2. The molecule has 0 spiro atoms. The molecule has 3 rings (SSSR count). The molecule has 0 unspecified atom stereocenters. The van der Waals surface area contributed by atoms with Crippen molar-refractivity contribution >= 4 is 17.4 Å². The summed E-state index contributed by atoms with van der Waals surface area (Å²) in [6, 6.07) is 11.6. The molecule has 0 bridgehead atoms. The van der Waals surface area contributed by atoms with Crippen molar-refractivity contribution in [3.8, 4) is 11.5 Å². The number of likely N-dealkylation sites (N-methyl/N-ethyl adjacent to an activating group) is 1. The van der Waals surface area contributed by atoms with Crippen LogP contribution in [0, 0.1) is 6.92 Å². The Labute approximate surface area is 146 Å². The van der Waals surface area contributed by atoms with Gasteiger partial charge in [0, 0.05) is 16.3 Å². The quantitative estimate of drug-likeness (QED) is 0.902. The zero-order valence-corrected chi connectivity index (χ0v) is 14.8. The van der Waals surface area contributed by atoms with E-state index in [0.29, 0.717) is 26.2 Å². The number of urea groups is 1. The second kappa shape index (κ2) is 7.57. The molecule has 1 aromatic carbocycles. The molecule has 1 N–H and O–H groups in total. The van der Waals surface area contributed by atoms with Gasteiger partial charge in [-0.3, -0.25) is 0 Å². The maximum atomic E-state index is 12.4. The molecule has 24 heavy (non-hydrogen) atoms. The molecule has 2 aromatic rings. The lowest BCUT2D eigenvalue weighted by Crippen LogP contribution is -2.47. The van der Waals surface area contributed by atoms with Gasteiger partial charge in [0.05, 0.1) is 13.1 Å². The van der Waals surface area contributed by atoms with Gasteiger partial charge in [-0.15, -0.1) is 11.3 Å². The van der Waals surface area contributed by atoms with Gasteiger partial charge in [-0.25, -0.2) is 4.79 Å². The molecule has 0 saturated carbocycles.